The minimum atomic E-state index is -1.04. The highest BCUT2D eigenvalue weighted by Crippen LogP contribution is 2.24. The van der Waals surface area contributed by atoms with E-state index in [9.17, 15) is 14.4 Å². The molecule has 2 amide bonds. The number of amides is 2. The lowest BCUT2D eigenvalue weighted by atomic mass is 10.2. The maximum Gasteiger partial charge on any atom is 0.340 e. The Morgan fingerprint density at radius 3 is 2.43 bits per heavy atom. The lowest BCUT2D eigenvalue weighted by Gasteiger charge is -2.15. The smallest absolute Gasteiger partial charge is 0.340 e. The summed E-state index contributed by atoms with van der Waals surface area (Å²) in [5, 5.41) is 14.4. The van der Waals surface area contributed by atoms with Gasteiger partial charge < -0.3 is 20.1 Å². The zero-order chi connectivity index (χ0) is 25.2. The quantitative estimate of drug-likeness (QED) is 0.336. The van der Waals surface area contributed by atoms with E-state index in [0.29, 0.717) is 27.6 Å². The molecule has 9 heteroatoms. The second kappa shape index (κ2) is 12.3. The molecule has 0 fully saturated rings. The molecule has 0 bridgehead atoms. The van der Waals surface area contributed by atoms with E-state index < -0.39 is 18.0 Å². The highest BCUT2D eigenvalue weighted by Gasteiger charge is 2.21. The first-order valence-electron chi connectivity index (χ1n) is 10.6. The average molecular weight is 490 g/mol. The SMILES string of the molecule is COc1ccc(NC(=O)C(C)OC(=O)c2ccccc2SCC(=O)Nc2cccc(C#N)c2)cc1. The molecule has 2 N–H and O–H groups in total. The number of carbonyl (C=O) groups is 3. The molecule has 35 heavy (non-hydrogen) atoms. The predicted octanol–water partition coefficient (Wildman–Crippen LogP) is 4.48. The number of hydrogen-bond acceptors (Lipinski definition) is 7. The van der Waals surface area contributed by atoms with E-state index in [0.717, 1.165) is 11.8 Å². The van der Waals surface area contributed by atoms with E-state index in [4.69, 9.17) is 14.7 Å². The van der Waals surface area contributed by atoms with Gasteiger partial charge in [-0.15, -0.1) is 11.8 Å². The van der Waals surface area contributed by atoms with Gasteiger partial charge in [0.15, 0.2) is 6.10 Å². The van der Waals surface area contributed by atoms with Crippen LogP contribution in [0.25, 0.3) is 0 Å². The Hall–Kier alpha value is -4.29. The van der Waals surface area contributed by atoms with Gasteiger partial charge in [-0.3, -0.25) is 9.59 Å². The zero-order valence-corrected chi connectivity index (χ0v) is 19.9. The normalized spacial score (nSPS) is 11.0. The van der Waals surface area contributed by atoms with Crippen molar-refractivity contribution in [1.29, 1.82) is 5.26 Å². The molecule has 3 aromatic rings. The third-order valence-electron chi connectivity index (χ3n) is 4.75. The van der Waals surface area contributed by atoms with Crippen molar-refractivity contribution in [2.75, 3.05) is 23.5 Å². The molecule has 3 aromatic carbocycles. The van der Waals surface area contributed by atoms with Gasteiger partial charge in [-0.1, -0.05) is 18.2 Å². The van der Waals surface area contributed by atoms with Crippen molar-refractivity contribution in [2.45, 2.75) is 17.9 Å². The Morgan fingerprint density at radius 1 is 0.971 bits per heavy atom. The fraction of sp³-hybridized carbons (Fsp3) is 0.154. The fourth-order valence-electron chi connectivity index (χ4n) is 2.96. The van der Waals surface area contributed by atoms with Crippen LogP contribution in [0, 0.1) is 11.3 Å². The van der Waals surface area contributed by atoms with Crippen LogP contribution in [0.2, 0.25) is 0 Å². The summed E-state index contributed by atoms with van der Waals surface area (Å²) in [7, 11) is 1.55. The number of rotatable bonds is 9. The van der Waals surface area contributed by atoms with Gasteiger partial charge in [0, 0.05) is 16.3 Å². The molecular weight excluding hydrogens is 466 g/mol. The van der Waals surface area contributed by atoms with E-state index in [1.807, 2.05) is 6.07 Å². The number of ether oxygens (including phenoxy) is 2. The standard InChI is InChI=1S/C26H23N3O5S/c1-17(25(31)29-19-10-12-21(33-2)13-11-19)34-26(32)22-8-3-4-9-23(22)35-16-24(30)28-20-7-5-6-18(14-20)15-27/h3-14,17H,16H2,1-2H3,(H,28,30)(H,29,31). The molecule has 0 radical (unpaired) electrons. The Bertz CT molecular complexity index is 1250. The van der Waals surface area contributed by atoms with Crippen LogP contribution < -0.4 is 15.4 Å². The Morgan fingerprint density at radius 2 is 1.71 bits per heavy atom. The summed E-state index contributed by atoms with van der Waals surface area (Å²) in [6.45, 7) is 1.48. The Balaban J connectivity index is 1.57. The minimum Gasteiger partial charge on any atom is -0.497 e. The first kappa shape index (κ1) is 25.3. The van der Waals surface area contributed by atoms with Crippen LogP contribution in [0.4, 0.5) is 11.4 Å². The van der Waals surface area contributed by atoms with Crippen LogP contribution in [0.15, 0.2) is 77.7 Å². The highest BCUT2D eigenvalue weighted by atomic mass is 32.2. The van der Waals surface area contributed by atoms with Crippen molar-refractivity contribution in [3.8, 4) is 11.8 Å². The molecule has 178 valence electrons. The number of hydrogen-bond donors (Lipinski definition) is 2. The van der Waals surface area contributed by atoms with Gasteiger partial charge in [-0.25, -0.2) is 4.79 Å². The van der Waals surface area contributed by atoms with Gasteiger partial charge >= 0.3 is 5.97 Å². The monoisotopic (exact) mass is 489 g/mol. The molecule has 0 aromatic heterocycles. The van der Waals surface area contributed by atoms with Gasteiger partial charge in [0.2, 0.25) is 5.91 Å². The van der Waals surface area contributed by atoms with Gasteiger partial charge in [0.05, 0.1) is 30.1 Å². The van der Waals surface area contributed by atoms with Gasteiger partial charge in [-0.05, 0) is 61.5 Å². The van der Waals surface area contributed by atoms with Gasteiger partial charge in [0.1, 0.15) is 5.75 Å². The van der Waals surface area contributed by atoms with Crippen molar-refractivity contribution in [3.05, 3.63) is 83.9 Å². The molecule has 8 nitrogen and oxygen atoms in total. The molecule has 3 rings (SSSR count). The third-order valence-corrected chi connectivity index (χ3v) is 5.83. The van der Waals surface area contributed by atoms with E-state index in [-0.39, 0.29) is 17.2 Å². The highest BCUT2D eigenvalue weighted by molar-refractivity contribution is 8.00. The molecule has 0 heterocycles. The van der Waals surface area contributed by atoms with Gasteiger partial charge in [0.25, 0.3) is 5.91 Å². The number of thioether (sulfide) groups is 1. The third kappa shape index (κ3) is 7.35. The van der Waals surface area contributed by atoms with Crippen LogP contribution in [-0.2, 0) is 14.3 Å². The molecule has 0 aliphatic rings. The fourth-order valence-corrected chi connectivity index (χ4v) is 3.80. The number of benzene rings is 3. The predicted molar refractivity (Wildman–Crippen MR) is 133 cm³/mol. The van der Waals surface area contributed by atoms with Crippen LogP contribution in [0.5, 0.6) is 5.75 Å². The molecule has 0 aliphatic carbocycles. The van der Waals surface area contributed by atoms with Crippen LogP contribution in [0.3, 0.4) is 0 Å². The first-order chi connectivity index (χ1) is 16.9. The van der Waals surface area contributed by atoms with Crippen molar-refractivity contribution in [1.82, 2.24) is 0 Å². The van der Waals surface area contributed by atoms with Crippen LogP contribution in [0.1, 0.15) is 22.8 Å². The number of nitrogens with one attached hydrogen (secondary N) is 2. The Labute approximate surface area is 207 Å². The zero-order valence-electron chi connectivity index (χ0n) is 19.1. The summed E-state index contributed by atoms with van der Waals surface area (Å²) in [5.41, 5.74) is 1.74. The second-order valence-electron chi connectivity index (χ2n) is 7.29. The molecule has 0 spiro atoms. The lowest BCUT2D eigenvalue weighted by molar-refractivity contribution is -0.123. The topological polar surface area (TPSA) is 118 Å². The average Bonchev–Trinajstić information content (AvgIpc) is 2.88. The molecule has 1 atom stereocenters. The second-order valence-corrected chi connectivity index (χ2v) is 8.31. The van der Waals surface area contributed by atoms with E-state index in [1.54, 1.807) is 79.9 Å². The van der Waals surface area contributed by atoms with Crippen molar-refractivity contribution < 1.29 is 23.9 Å². The van der Waals surface area contributed by atoms with Crippen molar-refractivity contribution >= 4 is 40.9 Å². The Kier molecular flexibility index (Phi) is 8.87. The molecule has 0 saturated carbocycles. The van der Waals surface area contributed by atoms with Crippen molar-refractivity contribution in [2.24, 2.45) is 0 Å². The summed E-state index contributed by atoms with van der Waals surface area (Å²) >= 11 is 1.16. The molecule has 0 aliphatic heterocycles. The number of nitriles is 1. The largest absolute Gasteiger partial charge is 0.497 e. The maximum atomic E-state index is 12.8. The van der Waals surface area contributed by atoms with E-state index in [1.165, 1.54) is 6.92 Å². The number of esters is 1. The molecule has 0 saturated heterocycles. The lowest BCUT2D eigenvalue weighted by Crippen LogP contribution is -2.30. The summed E-state index contributed by atoms with van der Waals surface area (Å²) in [4.78, 5) is 38.1. The first-order valence-corrected chi connectivity index (χ1v) is 11.6. The summed E-state index contributed by atoms with van der Waals surface area (Å²) in [5.74, 6) is -0.754. The van der Waals surface area contributed by atoms with E-state index in [2.05, 4.69) is 10.6 Å². The summed E-state index contributed by atoms with van der Waals surface area (Å²) in [6, 6.07) is 22.1. The molecular formula is C26H23N3O5S. The maximum absolute atomic E-state index is 12.8. The van der Waals surface area contributed by atoms with Crippen molar-refractivity contribution in [3.63, 3.8) is 0 Å². The number of carbonyl (C=O) groups excluding carboxylic acids is 3. The van der Waals surface area contributed by atoms with Crippen LogP contribution in [-0.4, -0.2) is 36.8 Å². The number of nitrogens with zero attached hydrogens (tertiary/aromatic N) is 1. The minimum absolute atomic E-state index is 0.0363. The number of methoxy groups -OCH3 is 1. The van der Waals surface area contributed by atoms with Crippen LogP contribution >= 0.6 is 11.8 Å². The molecule has 1 unspecified atom stereocenters. The number of anilines is 2. The summed E-state index contributed by atoms with van der Waals surface area (Å²) in [6.07, 6.45) is -1.04. The van der Waals surface area contributed by atoms with Gasteiger partial charge in [-0.2, -0.15) is 5.26 Å². The van der Waals surface area contributed by atoms with E-state index >= 15 is 0 Å². The summed E-state index contributed by atoms with van der Waals surface area (Å²) < 4.78 is 10.5.